The van der Waals surface area contributed by atoms with Crippen molar-refractivity contribution in [1.82, 2.24) is 5.32 Å². The summed E-state index contributed by atoms with van der Waals surface area (Å²) in [6.07, 6.45) is 5.30. The lowest BCUT2D eigenvalue weighted by atomic mass is 10.1. The van der Waals surface area contributed by atoms with Crippen LogP contribution in [0.15, 0.2) is 84.6 Å². The van der Waals surface area contributed by atoms with Crippen molar-refractivity contribution in [2.45, 2.75) is 19.8 Å². The van der Waals surface area contributed by atoms with Gasteiger partial charge in [-0.3, -0.25) is 9.59 Å². The molecule has 0 bridgehead atoms. The molecule has 0 aliphatic rings. The summed E-state index contributed by atoms with van der Waals surface area (Å²) in [4.78, 5) is 28.0. The highest BCUT2D eigenvalue weighted by molar-refractivity contribution is 6.34. The van der Waals surface area contributed by atoms with Crippen LogP contribution in [0.2, 0.25) is 5.02 Å². The molecule has 0 aliphatic heterocycles. The predicted molar refractivity (Wildman–Crippen MR) is 156 cm³/mol. The quantitative estimate of drug-likeness (QED) is 0.288. The standard InChI is InChI=1S/C31H28ClN5O2/c1-23-21-26(37(19-7-17-33)20-8-18-34)15-14-25(23)22-29(31(39)36-28-12-6-5-11-27(28)32)35-30(38)16-13-24-9-3-2-4-10-24/h2-6,9-16,21-22H,7-8,19-20H2,1H3,(H,35,38)(H,36,39)/b16-13+,29-22+. The molecule has 3 aromatic rings. The summed E-state index contributed by atoms with van der Waals surface area (Å²) >= 11 is 6.22. The predicted octanol–water partition coefficient (Wildman–Crippen LogP) is 6.09. The molecule has 8 heteroatoms. The van der Waals surface area contributed by atoms with Gasteiger partial charge in [-0.05, 0) is 60.0 Å². The van der Waals surface area contributed by atoms with Gasteiger partial charge in [-0.2, -0.15) is 10.5 Å². The van der Waals surface area contributed by atoms with E-state index in [0.29, 0.717) is 36.6 Å². The summed E-state index contributed by atoms with van der Waals surface area (Å²) in [5, 5.41) is 23.8. The molecular weight excluding hydrogens is 510 g/mol. The van der Waals surface area contributed by atoms with Crippen LogP contribution in [0.5, 0.6) is 0 Å². The van der Waals surface area contributed by atoms with E-state index in [9.17, 15) is 9.59 Å². The molecule has 3 aromatic carbocycles. The fourth-order valence-corrected chi connectivity index (χ4v) is 3.92. The normalized spacial score (nSPS) is 10.9. The largest absolute Gasteiger partial charge is 0.369 e. The Hall–Kier alpha value is -4.85. The first kappa shape index (κ1) is 28.7. The van der Waals surface area contributed by atoms with Crippen molar-refractivity contribution in [3.63, 3.8) is 0 Å². The van der Waals surface area contributed by atoms with Gasteiger partial charge in [0.15, 0.2) is 0 Å². The van der Waals surface area contributed by atoms with Gasteiger partial charge in [0.1, 0.15) is 5.70 Å². The molecule has 0 spiro atoms. The maximum Gasteiger partial charge on any atom is 0.272 e. The smallest absolute Gasteiger partial charge is 0.272 e. The van der Waals surface area contributed by atoms with Crippen molar-refractivity contribution in [3.05, 3.63) is 106 Å². The Morgan fingerprint density at radius 2 is 1.62 bits per heavy atom. The third-order valence-electron chi connectivity index (χ3n) is 5.76. The zero-order valence-corrected chi connectivity index (χ0v) is 22.3. The maximum absolute atomic E-state index is 13.3. The van der Waals surface area contributed by atoms with E-state index in [-0.39, 0.29) is 5.70 Å². The molecule has 0 saturated heterocycles. The average molecular weight is 538 g/mol. The minimum atomic E-state index is -0.530. The topological polar surface area (TPSA) is 109 Å². The van der Waals surface area contributed by atoms with Gasteiger partial charge in [-0.15, -0.1) is 0 Å². The van der Waals surface area contributed by atoms with E-state index in [4.69, 9.17) is 22.1 Å². The number of para-hydroxylation sites is 1. The molecule has 2 N–H and O–H groups in total. The Morgan fingerprint density at radius 3 is 2.26 bits per heavy atom. The maximum atomic E-state index is 13.3. The van der Waals surface area contributed by atoms with Crippen LogP contribution >= 0.6 is 11.6 Å². The van der Waals surface area contributed by atoms with E-state index < -0.39 is 11.8 Å². The minimum absolute atomic E-state index is 0.0410. The summed E-state index contributed by atoms with van der Waals surface area (Å²) in [6, 6.07) is 26.1. The van der Waals surface area contributed by atoms with Crippen LogP contribution in [0.3, 0.4) is 0 Å². The molecule has 0 saturated carbocycles. The summed E-state index contributed by atoms with van der Waals surface area (Å²) in [7, 11) is 0. The zero-order chi connectivity index (χ0) is 28.0. The van der Waals surface area contributed by atoms with E-state index in [0.717, 1.165) is 22.4 Å². The molecule has 2 amide bonds. The monoisotopic (exact) mass is 537 g/mol. The lowest BCUT2D eigenvalue weighted by Gasteiger charge is -2.23. The number of nitrogens with zero attached hydrogens (tertiary/aromatic N) is 3. The molecule has 0 aromatic heterocycles. The van der Waals surface area contributed by atoms with Gasteiger partial charge in [-0.25, -0.2) is 0 Å². The van der Waals surface area contributed by atoms with Crippen LogP contribution in [0.1, 0.15) is 29.5 Å². The third kappa shape index (κ3) is 8.89. The van der Waals surface area contributed by atoms with Crippen molar-refractivity contribution in [1.29, 1.82) is 10.5 Å². The van der Waals surface area contributed by atoms with Crippen LogP contribution in [0, 0.1) is 29.6 Å². The number of aryl methyl sites for hydroxylation is 1. The van der Waals surface area contributed by atoms with E-state index >= 15 is 0 Å². The minimum Gasteiger partial charge on any atom is -0.369 e. The number of nitrogens with one attached hydrogen (secondary N) is 2. The van der Waals surface area contributed by atoms with Gasteiger partial charge >= 0.3 is 0 Å². The molecule has 0 radical (unpaired) electrons. The fraction of sp³-hybridized carbons (Fsp3) is 0.161. The third-order valence-corrected chi connectivity index (χ3v) is 6.09. The number of carbonyl (C=O) groups is 2. The lowest BCUT2D eigenvalue weighted by molar-refractivity contribution is -0.118. The Bertz CT molecular complexity index is 1430. The number of rotatable bonds is 11. The second-order valence-electron chi connectivity index (χ2n) is 8.57. The number of amides is 2. The van der Waals surface area contributed by atoms with E-state index in [2.05, 4.69) is 22.8 Å². The highest BCUT2D eigenvalue weighted by Gasteiger charge is 2.15. The van der Waals surface area contributed by atoms with Crippen LogP contribution in [-0.4, -0.2) is 24.9 Å². The molecule has 0 unspecified atom stereocenters. The van der Waals surface area contributed by atoms with E-state index in [1.165, 1.54) is 6.08 Å². The zero-order valence-electron chi connectivity index (χ0n) is 21.5. The summed E-state index contributed by atoms with van der Waals surface area (Å²) in [5.74, 6) is -0.995. The molecule has 0 atom stereocenters. The first-order valence-electron chi connectivity index (χ1n) is 12.3. The van der Waals surface area contributed by atoms with Crippen molar-refractivity contribution in [2.75, 3.05) is 23.3 Å². The highest BCUT2D eigenvalue weighted by atomic mass is 35.5. The lowest BCUT2D eigenvalue weighted by Crippen LogP contribution is -2.29. The van der Waals surface area contributed by atoms with Crippen molar-refractivity contribution >= 4 is 46.9 Å². The molecule has 3 rings (SSSR count). The van der Waals surface area contributed by atoms with Gasteiger partial charge < -0.3 is 15.5 Å². The van der Waals surface area contributed by atoms with E-state index in [1.54, 1.807) is 36.4 Å². The van der Waals surface area contributed by atoms with Gasteiger partial charge in [0.25, 0.3) is 5.91 Å². The number of hydrogen-bond donors (Lipinski definition) is 2. The van der Waals surface area contributed by atoms with Gasteiger partial charge in [-0.1, -0.05) is 60.1 Å². The van der Waals surface area contributed by atoms with Crippen molar-refractivity contribution < 1.29 is 9.59 Å². The molecule has 7 nitrogen and oxygen atoms in total. The molecule has 0 heterocycles. The van der Waals surface area contributed by atoms with Crippen molar-refractivity contribution in [3.8, 4) is 12.1 Å². The van der Waals surface area contributed by atoms with Gasteiger partial charge in [0.2, 0.25) is 5.91 Å². The molecule has 0 fully saturated rings. The number of benzene rings is 3. The highest BCUT2D eigenvalue weighted by Crippen LogP contribution is 2.23. The fourth-order valence-electron chi connectivity index (χ4n) is 3.74. The summed E-state index contributed by atoms with van der Waals surface area (Å²) in [5.41, 5.74) is 3.75. The first-order valence-corrected chi connectivity index (χ1v) is 12.7. The molecule has 39 heavy (non-hydrogen) atoms. The first-order chi connectivity index (χ1) is 18.9. The Kier molecular flexibility index (Phi) is 10.9. The van der Waals surface area contributed by atoms with Crippen LogP contribution in [0.4, 0.5) is 11.4 Å². The SMILES string of the molecule is Cc1cc(N(CCC#N)CCC#N)ccc1/C=C(/NC(=O)/C=C/c1ccccc1)C(=O)Nc1ccccc1Cl. The van der Waals surface area contributed by atoms with Crippen LogP contribution in [-0.2, 0) is 9.59 Å². The van der Waals surface area contributed by atoms with Gasteiger partial charge in [0, 0.05) is 24.9 Å². The Labute approximate surface area is 233 Å². The average Bonchev–Trinajstić information content (AvgIpc) is 2.94. The van der Waals surface area contributed by atoms with Crippen molar-refractivity contribution in [2.24, 2.45) is 0 Å². The van der Waals surface area contributed by atoms with Crippen LogP contribution < -0.4 is 15.5 Å². The second-order valence-corrected chi connectivity index (χ2v) is 8.98. The molecular formula is C31H28ClN5O2. The number of nitriles is 2. The summed E-state index contributed by atoms with van der Waals surface area (Å²) in [6.45, 7) is 2.90. The van der Waals surface area contributed by atoms with Crippen LogP contribution in [0.25, 0.3) is 12.2 Å². The van der Waals surface area contributed by atoms with Gasteiger partial charge in [0.05, 0.1) is 35.7 Å². The number of carbonyl (C=O) groups excluding carboxylic acids is 2. The number of hydrogen-bond acceptors (Lipinski definition) is 5. The summed E-state index contributed by atoms with van der Waals surface area (Å²) < 4.78 is 0. The van der Waals surface area contributed by atoms with E-state index in [1.807, 2.05) is 60.4 Å². The number of anilines is 2. The number of halogens is 1. The Morgan fingerprint density at radius 1 is 0.949 bits per heavy atom. The second kappa shape index (κ2) is 14.8. The molecule has 0 aliphatic carbocycles. The Balaban J connectivity index is 1.90. The molecule has 196 valence electrons.